The number of piperazine rings is 1. The second kappa shape index (κ2) is 6.24. The van der Waals surface area contributed by atoms with E-state index in [-0.39, 0.29) is 11.6 Å². The zero-order chi connectivity index (χ0) is 14.8. The average Bonchev–Trinajstić information content (AvgIpc) is 2.48. The lowest BCUT2D eigenvalue weighted by molar-refractivity contribution is 0.0166. The lowest BCUT2D eigenvalue weighted by Crippen LogP contribution is -2.59. The van der Waals surface area contributed by atoms with Gasteiger partial charge in [-0.05, 0) is 50.6 Å². The molecule has 0 aromatic heterocycles. The first kappa shape index (κ1) is 14.7. The number of fused-ring (bicyclic) bond motifs is 1. The van der Waals surface area contributed by atoms with Crippen molar-refractivity contribution < 1.29 is 9.18 Å². The summed E-state index contributed by atoms with van der Waals surface area (Å²) < 4.78 is 12.9. The molecule has 0 N–H and O–H groups in total. The number of benzene rings is 1. The minimum absolute atomic E-state index is 0.0890. The van der Waals surface area contributed by atoms with E-state index < -0.39 is 0 Å². The summed E-state index contributed by atoms with van der Waals surface area (Å²) in [6.45, 7) is 5.88. The maximum absolute atomic E-state index is 12.9. The van der Waals surface area contributed by atoms with Crippen LogP contribution in [0.5, 0.6) is 0 Å². The molecule has 3 nitrogen and oxygen atoms in total. The van der Waals surface area contributed by atoms with Gasteiger partial charge in [0.05, 0.1) is 6.54 Å². The molecule has 4 heteroatoms. The molecule has 2 fully saturated rings. The van der Waals surface area contributed by atoms with Crippen LogP contribution < -0.4 is 0 Å². The molecule has 114 valence electrons. The van der Waals surface area contributed by atoms with Gasteiger partial charge in [0.25, 0.3) is 0 Å². The van der Waals surface area contributed by atoms with E-state index in [0.29, 0.717) is 24.2 Å². The monoisotopic (exact) mass is 290 g/mol. The highest BCUT2D eigenvalue weighted by Crippen LogP contribution is 2.24. The molecule has 1 aromatic rings. The van der Waals surface area contributed by atoms with Crippen LogP contribution in [-0.2, 0) is 0 Å². The van der Waals surface area contributed by atoms with E-state index in [0.717, 1.165) is 13.1 Å². The smallest absolute Gasteiger partial charge is 0.176 e. The Balaban J connectivity index is 1.63. The van der Waals surface area contributed by atoms with Gasteiger partial charge in [-0.15, -0.1) is 0 Å². The van der Waals surface area contributed by atoms with E-state index >= 15 is 0 Å². The number of hydrogen-bond donors (Lipinski definition) is 0. The predicted octanol–water partition coefficient (Wildman–Crippen LogP) is 2.57. The van der Waals surface area contributed by atoms with E-state index in [9.17, 15) is 9.18 Å². The van der Waals surface area contributed by atoms with Crippen LogP contribution in [0.15, 0.2) is 24.3 Å². The van der Waals surface area contributed by atoms with E-state index in [2.05, 4.69) is 16.7 Å². The molecule has 0 aliphatic carbocycles. The second-order valence-electron chi connectivity index (χ2n) is 6.35. The third-order valence-corrected chi connectivity index (χ3v) is 4.83. The Morgan fingerprint density at radius 2 is 2.00 bits per heavy atom. The van der Waals surface area contributed by atoms with E-state index in [4.69, 9.17) is 0 Å². The van der Waals surface area contributed by atoms with Crippen molar-refractivity contribution >= 4 is 5.78 Å². The number of ketones is 1. The minimum Gasteiger partial charge on any atom is -0.298 e. The molecule has 0 radical (unpaired) electrons. The van der Waals surface area contributed by atoms with Crippen molar-refractivity contribution in [3.63, 3.8) is 0 Å². The van der Waals surface area contributed by atoms with Gasteiger partial charge in [-0.1, -0.05) is 6.42 Å². The van der Waals surface area contributed by atoms with Crippen molar-refractivity contribution in [1.29, 1.82) is 0 Å². The summed E-state index contributed by atoms with van der Waals surface area (Å²) in [6, 6.07) is 6.89. The number of carbonyl (C=O) groups excluding carboxylic acids is 1. The van der Waals surface area contributed by atoms with Crippen molar-refractivity contribution in [1.82, 2.24) is 9.80 Å². The van der Waals surface area contributed by atoms with Gasteiger partial charge in [-0.25, -0.2) is 4.39 Å². The third kappa shape index (κ3) is 3.33. The van der Waals surface area contributed by atoms with Crippen molar-refractivity contribution in [3.05, 3.63) is 35.6 Å². The lowest BCUT2D eigenvalue weighted by Gasteiger charge is -2.47. The van der Waals surface area contributed by atoms with Gasteiger partial charge >= 0.3 is 0 Å². The zero-order valence-corrected chi connectivity index (χ0v) is 12.6. The van der Waals surface area contributed by atoms with Gasteiger partial charge in [-0.3, -0.25) is 14.6 Å². The second-order valence-corrected chi connectivity index (χ2v) is 6.35. The Hall–Kier alpha value is -1.26. The fraction of sp³-hybridized carbons (Fsp3) is 0.588. The van der Waals surface area contributed by atoms with Crippen molar-refractivity contribution in [2.75, 3.05) is 26.2 Å². The molecule has 2 unspecified atom stereocenters. The molecule has 0 spiro atoms. The van der Waals surface area contributed by atoms with Gasteiger partial charge in [-0.2, -0.15) is 0 Å². The Labute approximate surface area is 125 Å². The molecular weight excluding hydrogens is 267 g/mol. The minimum atomic E-state index is -0.296. The topological polar surface area (TPSA) is 23.6 Å². The number of hydrogen-bond acceptors (Lipinski definition) is 3. The van der Waals surface area contributed by atoms with Crippen LogP contribution >= 0.6 is 0 Å². The lowest BCUT2D eigenvalue weighted by atomic mass is 9.96. The van der Waals surface area contributed by atoms with E-state index in [1.165, 1.54) is 37.9 Å². The van der Waals surface area contributed by atoms with Crippen molar-refractivity contribution in [2.45, 2.75) is 38.3 Å². The van der Waals surface area contributed by atoms with Crippen LogP contribution in [0.25, 0.3) is 0 Å². The first-order chi connectivity index (χ1) is 10.1. The first-order valence-electron chi connectivity index (χ1n) is 7.90. The fourth-order valence-corrected chi connectivity index (χ4v) is 3.54. The Morgan fingerprint density at radius 3 is 2.76 bits per heavy atom. The quantitative estimate of drug-likeness (QED) is 0.799. The summed E-state index contributed by atoms with van der Waals surface area (Å²) in [5.41, 5.74) is 0.606. The number of nitrogens with zero attached hydrogens (tertiary/aromatic N) is 2. The van der Waals surface area contributed by atoms with Crippen LogP contribution in [0, 0.1) is 5.82 Å². The molecule has 0 bridgehead atoms. The SMILES string of the molecule is CC1CN2CCCCC2CN1CC(=O)c1ccc(F)cc1. The maximum Gasteiger partial charge on any atom is 0.176 e. The van der Waals surface area contributed by atoms with E-state index in [1.807, 2.05) is 0 Å². The number of Topliss-reactive ketones (excluding diaryl/α,β-unsaturated/α-hetero) is 1. The summed E-state index contributed by atoms with van der Waals surface area (Å²) in [4.78, 5) is 17.2. The van der Waals surface area contributed by atoms with E-state index in [1.54, 1.807) is 12.1 Å². The average molecular weight is 290 g/mol. The van der Waals surface area contributed by atoms with Crippen LogP contribution in [0.4, 0.5) is 4.39 Å². The zero-order valence-electron chi connectivity index (χ0n) is 12.6. The molecule has 2 aliphatic rings. The summed E-state index contributed by atoms with van der Waals surface area (Å²) in [6.07, 6.45) is 3.85. The summed E-state index contributed by atoms with van der Waals surface area (Å²) >= 11 is 0. The molecule has 0 saturated carbocycles. The molecule has 0 amide bonds. The van der Waals surface area contributed by atoms with Crippen LogP contribution in [0.1, 0.15) is 36.5 Å². The number of halogens is 1. The van der Waals surface area contributed by atoms with Crippen molar-refractivity contribution in [2.24, 2.45) is 0 Å². The summed E-state index contributed by atoms with van der Waals surface area (Å²) in [7, 11) is 0. The Kier molecular flexibility index (Phi) is 4.36. The van der Waals surface area contributed by atoms with Gasteiger partial charge in [0.1, 0.15) is 5.82 Å². The molecule has 3 rings (SSSR count). The molecule has 1 aromatic carbocycles. The highest BCUT2D eigenvalue weighted by molar-refractivity contribution is 5.97. The third-order valence-electron chi connectivity index (χ3n) is 4.83. The number of piperidine rings is 1. The number of rotatable bonds is 3. The molecule has 2 heterocycles. The summed E-state index contributed by atoms with van der Waals surface area (Å²) in [5.74, 6) is -0.207. The van der Waals surface area contributed by atoms with Gasteiger partial charge in [0, 0.05) is 30.7 Å². The molecule has 21 heavy (non-hydrogen) atoms. The summed E-state index contributed by atoms with van der Waals surface area (Å²) in [5, 5.41) is 0. The van der Waals surface area contributed by atoms with Gasteiger partial charge < -0.3 is 0 Å². The first-order valence-corrected chi connectivity index (χ1v) is 7.90. The van der Waals surface area contributed by atoms with Crippen LogP contribution in [-0.4, -0.2) is 53.8 Å². The van der Waals surface area contributed by atoms with Crippen LogP contribution in [0.3, 0.4) is 0 Å². The molecule has 2 aliphatic heterocycles. The van der Waals surface area contributed by atoms with Gasteiger partial charge in [0.15, 0.2) is 5.78 Å². The molecule has 2 saturated heterocycles. The normalized spacial score (nSPS) is 27.3. The Bertz CT molecular complexity index is 502. The fourth-order valence-electron chi connectivity index (χ4n) is 3.54. The highest BCUT2D eigenvalue weighted by Gasteiger charge is 2.33. The standard InChI is InChI=1S/C17H23FN2O/c1-13-10-19-9-3-2-4-16(19)11-20(13)12-17(21)14-5-7-15(18)8-6-14/h5-8,13,16H,2-4,9-12H2,1H3. The Morgan fingerprint density at radius 1 is 1.24 bits per heavy atom. The van der Waals surface area contributed by atoms with Crippen molar-refractivity contribution in [3.8, 4) is 0 Å². The highest BCUT2D eigenvalue weighted by atomic mass is 19.1. The maximum atomic E-state index is 12.9. The molecular formula is C17H23FN2O. The van der Waals surface area contributed by atoms with Gasteiger partial charge in [0.2, 0.25) is 0 Å². The number of carbonyl (C=O) groups is 1. The largest absolute Gasteiger partial charge is 0.298 e. The van der Waals surface area contributed by atoms with Crippen LogP contribution in [0.2, 0.25) is 0 Å². The predicted molar refractivity (Wildman–Crippen MR) is 81.0 cm³/mol. The molecule has 2 atom stereocenters.